The van der Waals surface area contributed by atoms with E-state index in [1.54, 1.807) is 0 Å². The van der Waals surface area contributed by atoms with Crippen molar-refractivity contribution in [1.82, 2.24) is 10.1 Å². The molecule has 0 bridgehead atoms. The first-order valence-corrected chi connectivity index (χ1v) is 7.39. The summed E-state index contributed by atoms with van der Waals surface area (Å²) in [6.45, 7) is 4.27. The molecule has 21 heavy (non-hydrogen) atoms. The lowest BCUT2D eigenvalue weighted by Gasteiger charge is -2.21. The Hall–Kier alpha value is -1.88. The molecule has 5 heteroatoms. The van der Waals surface area contributed by atoms with E-state index in [4.69, 9.17) is 9.26 Å². The smallest absolute Gasteiger partial charge is 0.264 e. The Balaban J connectivity index is 1.69. The molecule has 0 amide bonds. The van der Waals surface area contributed by atoms with Crippen LogP contribution in [0.4, 0.5) is 0 Å². The van der Waals surface area contributed by atoms with Crippen LogP contribution in [0.5, 0.6) is 5.75 Å². The van der Waals surface area contributed by atoms with Gasteiger partial charge in [0.1, 0.15) is 5.75 Å². The van der Waals surface area contributed by atoms with Crippen molar-refractivity contribution in [3.05, 3.63) is 41.0 Å². The highest BCUT2D eigenvalue weighted by atomic mass is 16.5. The fourth-order valence-electron chi connectivity index (χ4n) is 2.55. The summed E-state index contributed by atoms with van der Waals surface area (Å²) < 4.78 is 10.8. The number of hydrogen-bond donors (Lipinski definition) is 1. The Bertz CT molecular complexity index is 622. The zero-order valence-corrected chi connectivity index (χ0v) is 12.4. The summed E-state index contributed by atoms with van der Waals surface area (Å²) in [5.74, 6) is 2.12. The second-order valence-electron chi connectivity index (χ2n) is 5.76. The van der Waals surface area contributed by atoms with Crippen LogP contribution in [0.25, 0.3) is 0 Å². The number of aryl methyl sites for hydroxylation is 1. The van der Waals surface area contributed by atoms with Crippen molar-refractivity contribution in [3.8, 4) is 5.75 Å². The van der Waals surface area contributed by atoms with Crippen LogP contribution in [0.3, 0.4) is 0 Å². The molecule has 1 heterocycles. The Morgan fingerprint density at radius 2 is 2.29 bits per heavy atom. The zero-order chi connectivity index (χ0) is 14.8. The number of rotatable bonds is 4. The molecule has 0 spiro atoms. The number of ether oxygens (including phenoxy) is 1. The van der Waals surface area contributed by atoms with Gasteiger partial charge < -0.3 is 14.4 Å². The number of aromatic nitrogens is 2. The predicted octanol–water partition coefficient (Wildman–Crippen LogP) is 3.14. The number of aliphatic hydroxyl groups excluding tert-OH is 1. The van der Waals surface area contributed by atoms with E-state index in [0.717, 1.165) is 30.6 Å². The molecule has 1 aliphatic carbocycles. The highest BCUT2D eigenvalue weighted by molar-refractivity contribution is 5.38. The van der Waals surface area contributed by atoms with E-state index in [2.05, 4.69) is 10.1 Å². The molecule has 2 aromatic rings. The lowest BCUT2D eigenvalue weighted by molar-refractivity contribution is 0.155. The van der Waals surface area contributed by atoms with Gasteiger partial charge in [0.2, 0.25) is 0 Å². The molecule has 1 atom stereocenters. The molecular formula is C16H20N2O3. The van der Waals surface area contributed by atoms with E-state index in [-0.39, 0.29) is 18.6 Å². The molecule has 1 aromatic carbocycles. The summed E-state index contributed by atoms with van der Waals surface area (Å²) in [6.07, 6.45) is 2.49. The Kier molecular flexibility index (Phi) is 3.92. The third kappa shape index (κ3) is 3.08. The molecule has 0 radical (unpaired) electrons. The van der Waals surface area contributed by atoms with Crippen molar-refractivity contribution in [2.24, 2.45) is 0 Å². The number of benzene rings is 1. The molecule has 0 unspecified atom stereocenters. The SMILES string of the molecule is CC(C)c1noc(COc2ccc3c(c2)[C@H](O)CCC3)n1. The summed E-state index contributed by atoms with van der Waals surface area (Å²) in [5.41, 5.74) is 2.19. The molecule has 0 saturated carbocycles. The van der Waals surface area contributed by atoms with Gasteiger partial charge in [-0.15, -0.1) is 0 Å². The second kappa shape index (κ2) is 5.85. The van der Waals surface area contributed by atoms with E-state index in [1.165, 1.54) is 5.56 Å². The molecule has 0 fully saturated rings. The number of hydrogen-bond acceptors (Lipinski definition) is 5. The first kappa shape index (κ1) is 14.1. The molecule has 5 nitrogen and oxygen atoms in total. The van der Waals surface area contributed by atoms with Crippen LogP contribution in [0.1, 0.15) is 61.6 Å². The minimum atomic E-state index is -0.381. The Labute approximate surface area is 123 Å². The number of nitrogens with zero attached hydrogens (tertiary/aromatic N) is 2. The van der Waals surface area contributed by atoms with Crippen LogP contribution >= 0.6 is 0 Å². The predicted molar refractivity (Wildman–Crippen MR) is 77.1 cm³/mol. The molecule has 1 aliphatic rings. The van der Waals surface area contributed by atoms with E-state index >= 15 is 0 Å². The average Bonchev–Trinajstić information content (AvgIpc) is 2.95. The maximum absolute atomic E-state index is 10.0. The summed E-state index contributed by atoms with van der Waals surface area (Å²) in [4.78, 5) is 4.28. The maximum Gasteiger partial charge on any atom is 0.264 e. The van der Waals surface area contributed by atoms with Crippen molar-refractivity contribution < 1.29 is 14.4 Å². The van der Waals surface area contributed by atoms with E-state index < -0.39 is 0 Å². The minimum absolute atomic E-state index is 0.237. The molecule has 1 aromatic heterocycles. The standard InChI is InChI=1S/C16H20N2O3/c1-10(2)16-17-15(21-18-16)9-20-12-7-6-11-4-3-5-14(19)13(11)8-12/h6-8,10,14,19H,3-5,9H2,1-2H3/t14-/m1/s1. The number of fused-ring (bicyclic) bond motifs is 1. The first-order valence-electron chi connectivity index (χ1n) is 7.39. The lowest BCUT2D eigenvalue weighted by Crippen LogP contribution is -2.09. The molecule has 3 rings (SSSR count). The fraction of sp³-hybridized carbons (Fsp3) is 0.500. The van der Waals surface area contributed by atoms with Crippen LogP contribution in [-0.4, -0.2) is 15.2 Å². The van der Waals surface area contributed by atoms with Crippen LogP contribution in [0, 0.1) is 0 Å². The van der Waals surface area contributed by atoms with Gasteiger partial charge in [-0.3, -0.25) is 0 Å². The van der Waals surface area contributed by atoms with Gasteiger partial charge in [0.15, 0.2) is 12.4 Å². The van der Waals surface area contributed by atoms with Gasteiger partial charge >= 0.3 is 0 Å². The van der Waals surface area contributed by atoms with Crippen LogP contribution in [0.2, 0.25) is 0 Å². The first-order chi connectivity index (χ1) is 10.1. The van der Waals surface area contributed by atoms with E-state index in [0.29, 0.717) is 11.7 Å². The van der Waals surface area contributed by atoms with Crippen molar-refractivity contribution >= 4 is 0 Å². The molecule has 0 aliphatic heterocycles. The average molecular weight is 288 g/mol. The van der Waals surface area contributed by atoms with Gasteiger partial charge in [0.05, 0.1) is 6.10 Å². The second-order valence-corrected chi connectivity index (χ2v) is 5.76. The highest BCUT2D eigenvalue weighted by Crippen LogP contribution is 2.32. The van der Waals surface area contributed by atoms with Crippen LogP contribution < -0.4 is 4.74 Å². The largest absolute Gasteiger partial charge is 0.484 e. The maximum atomic E-state index is 10.0. The van der Waals surface area contributed by atoms with Crippen molar-refractivity contribution in [2.75, 3.05) is 0 Å². The van der Waals surface area contributed by atoms with Crippen molar-refractivity contribution in [3.63, 3.8) is 0 Å². The molecular weight excluding hydrogens is 268 g/mol. The summed E-state index contributed by atoms with van der Waals surface area (Å²) >= 11 is 0. The van der Waals surface area contributed by atoms with E-state index in [1.807, 2.05) is 32.0 Å². The van der Waals surface area contributed by atoms with Gasteiger partial charge in [0, 0.05) is 5.92 Å². The monoisotopic (exact) mass is 288 g/mol. The third-order valence-electron chi connectivity index (χ3n) is 3.76. The Morgan fingerprint density at radius 1 is 1.43 bits per heavy atom. The zero-order valence-electron chi connectivity index (χ0n) is 12.4. The summed E-state index contributed by atoms with van der Waals surface area (Å²) in [7, 11) is 0. The number of aliphatic hydroxyl groups is 1. The third-order valence-corrected chi connectivity index (χ3v) is 3.76. The molecule has 1 N–H and O–H groups in total. The fourth-order valence-corrected chi connectivity index (χ4v) is 2.55. The van der Waals surface area contributed by atoms with Crippen molar-refractivity contribution in [1.29, 1.82) is 0 Å². The highest BCUT2D eigenvalue weighted by Gasteiger charge is 2.18. The van der Waals surface area contributed by atoms with Gasteiger partial charge in [0.25, 0.3) is 5.89 Å². The summed E-state index contributed by atoms with van der Waals surface area (Å²) in [5, 5.41) is 13.9. The van der Waals surface area contributed by atoms with Gasteiger partial charge in [-0.05, 0) is 42.5 Å². The van der Waals surface area contributed by atoms with Crippen LogP contribution in [-0.2, 0) is 13.0 Å². The van der Waals surface area contributed by atoms with Crippen LogP contribution in [0.15, 0.2) is 22.7 Å². The van der Waals surface area contributed by atoms with Gasteiger partial charge in [-0.1, -0.05) is 25.1 Å². The minimum Gasteiger partial charge on any atom is -0.484 e. The van der Waals surface area contributed by atoms with E-state index in [9.17, 15) is 5.11 Å². The quantitative estimate of drug-likeness (QED) is 0.936. The Morgan fingerprint density at radius 3 is 3.05 bits per heavy atom. The lowest BCUT2D eigenvalue weighted by atomic mass is 9.89. The normalized spacial score (nSPS) is 17.8. The van der Waals surface area contributed by atoms with Crippen molar-refractivity contribution in [2.45, 2.75) is 51.7 Å². The van der Waals surface area contributed by atoms with Gasteiger partial charge in [-0.2, -0.15) is 4.98 Å². The molecule has 112 valence electrons. The van der Waals surface area contributed by atoms with Gasteiger partial charge in [-0.25, -0.2) is 0 Å². The summed E-state index contributed by atoms with van der Waals surface area (Å²) in [6, 6.07) is 5.87. The topological polar surface area (TPSA) is 68.4 Å². The molecule has 0 saturated heterocycles.